The van der Waals surface area contributed by atoms with Crippen molar-refractivity contribution in [1.29, 1.82) is 0 Å². The van der Waals surface area contributed by atoms with Crippen molar-refractivity contribution < 1.29 is 23.1 Å². The van der Waals surface area contributed by atoms with E-state index in [4.69, 9.17) is 15.7 Å². The van der Waals surface area contributed by atoms with Crippen molar-refractivity contribution in [2.45, 2.75) is 31.9 Å². The largest absolute Gasteiger partial charge is 0.490 e. The van der Waals surface area contributed by atoms with Gasteiger partial charge < -0.3 is 5.11 Å². The highest BCUT2D eigenvalue weighted by Crippen LogP contribution is 2.28. The number of hydrogen-bond donors (Lipinski definition) is 2. The second kappa shape index (κ2) is 7.42. The number of halogens is 3. The van der Waals surface area contributed by atoms with Crippen LogP contribution in [0.15, 0.2) is 24.3 Å². The lowest BCUT2D eigenvalue weighted by Gasteiger charge is -2.29. The topological polar surface area (TPSA) is 66.6 Å². The molecular formula is C14H19F3N2O2. The molecule has 1 aliphatic rings. The predicted octanol–water partition coefficient (Wildman–Crippen LogP) is 2.68. The van der Waals surface area contributed by atoms with E-state index in [-0.39, 0.29) is 0 Å². The van der Waals surface area contributed by atoms with Gasteiger partial charge >= 0.3 is 12.1 Å². The molecule has 1 heterocycles. The molecule has 4 nitrogen and oxygen atoms in total. The zero-order chi connectivity index (χ0) is 16.0. The molecule has 0 bridgehead atoms. The quantitative estimate of drug-likeness (QED) is 0.783. The normalized spacial score (nSPS) is 17.0. The average Bonchev–Trinajstić information content (AvgIpc) is 2.40. The van der Waals surface area contributed by atoms with Crippen molar-refractivity contribution in [3.8, 4) is 0 Å². The first-order valence-corrected chi connectivity index (χ1v) is 6.57. The van der Waals surface area contributed by atoms with E-state index in [2.05, 4.69) is 31.2 Å². The Morgan fingerprint density at radius 1 is 1.29 bits per heavy atom. The summed E-state index contributed by atoms with van der Waals surface area (Å²) in [4.78, 5) is 8.90. The van der Waals surface area contributed by atoms with E-state index in [1.165, 1.54) is 24.0 Å². The van der Waals surface area contributed by atoms with E-state index in [0.29, 0.717) is 0 Å². The van der Waals surface area contributed by atoms with Crippen molar-refractivity contribution >= 4 is 5.97 Å². The van der Waals surface area contributed by atoms with Gasteiger partial charge in [-0.1, -0.05) is 24.3 Å². The molecule has 1 aromatic carbocycles. The van der Waals surface area contributed by atoms with Gasteiger partial charge in [0.15, 0.2) is 0 Å². The Kier molecular flexibility index (Phi) is 6.17. The van der Waals surface area contributed by atoms with Crippen LogP contribution in [-0.2, 0) is 4.79 Å². The average molecular weight is 304 g/mol. The van der Waals surface area contributed by atoms with Gasteiger partial charge in [-0.25, -0.2) is 9.80 Å². The van der Waals surface area contributed by atoms with Crippen LogP contribution in [0.25, 0.3) is 0 Å². The number of carboxylic acids is 1. The van der Waals surface area contributed by atoms with Gasteiger partial charge in [-0.15, -0.1) is 0 Å². The van der Waals surface area contributed by atoms with Gasteiger partial charge in [0, 0.05) is 13.1 Å². The number of aryl methyl sites for hydroxylation is 1. The number of hydrazine groups is 1. The molecule has 0 radical (unpaired) electrons. The summed E-state index contributed by atoms with van der Waals surface area (Å²) in [6, 6.07) is 8.70. The molecule has 118 valence electrons. The van der Waals surface area contributed by atoms with Crippen LogP contribution in [0, 0.1) is 6.92 Å². The molecule has 1 fully saturated rings. The third-order valence-electron chi connectivity index (χ3n) is 3.40. The van der Waals surface area contributed by atoms with Crippen LogP contribution in [0.2, 0.25) is 0 Å². The second-order valence-corrected chi connectivity index (χ2v) is 4.97. The van der Waals surface area contributed by atoms with Crippen LogP contribution in [0.5, 0.6) is 0 Å². The lowest BCUT2D eigenvalue weighted by Crippen LogP contribution is -2.38. The van der Waals surface area contributed by atoms with Gasteiger partial charge in [0.25, 0.3) is 0 Å². The maximum Gasteiger partial charge on any atom is 0.490 e. The second-order valence-electron chi connectivity index (χ2n) is 4.97. The first kappa shape index (κ1) is 17.5. The van der Waals surface area contributed by atoms with Crippen LogP contribution in [0.3, 0.4) is 0 Å². The lowest BCUT2D eigenvalue weighted by molar-refractivity contribution is -0.192. The summed E-state index contributed by atoms with van der Waals surface area (Å²) in [7, 11) is 0. The molecule has 1 aromatic rings. The minimum Gasteiger partial charge on any atom is -0.475 e. The molecule has 0 aromatic heterocycles. The molecule has 0 atom stereocenters. The monoisotopic (exact) mass is 304 g/mol. The van der Waals surface area contributed by atoms with Crippen LogP contribution < -0.4 is 5.84 Å². The summed E-state index contributed by atoms with van der Waals surface area (Å²) < 4.78 is 31.7. The third kappa shape index (κ3) is 5.73. The Hall–Kier alpha value is -1.60. The first-order chi connectivity index (χ1) is 9.71. The highest BCUT2D eigenvalue weighted by molar-refractivity contribution is 5.73. The van der Waals surface area contributed by atoms with Gasteiger partial charge in [-0.05, 0) is 36.8 Å². The minimum absolute atomic E-state index is 0.719. The number of rotatable bonds is 1. The van der Waals surface area contributed by atoms with Crippen molar-refractivity contribution in [3.05, 3.63) is 35.4 Å². The Morgan fingerprint density at radius 2 is 1.76 bits per heavy atom. The Labute approximate surface area is 121 Å². The standard InChI is InChI=1S/C12H18N2.C2HF3O2/c1-10-4-2-3-5-12(10)11-6-8-14(13)9-7-11;3-2(4,5)1(6)7/h2-5,11H,6-9,13H2,1H3;(H,6,7). The fourth-order valence-electron chi connectivity index (χ4n) is 2.26. The molecule has 2 rings (SSSR count). The molecule has 1 saturated heterocycles. The number of alkyl halides is 3. The molecular weight excluding hydrogens is 285 g/mol. The molecule has 1 aliphatic heterocycles. The van der Waals surface area contributed by atoms with Crippen molar-refractivity contribution in [1.82, 2.24) is 5.01 Å². The summed E-state index contributed by atoms with van der Waals surface area (Å²) in [5.41, 5.74) is 2.93. The summed E-state index contributed by atoms with van der Waals surface area (Å²) in [6.07, 6.45) is -2.69. The number of piperidine rings is 1. The Bertz CT molecular complexity index is 470. The van der Waals surface area contributed by atoms with Gasteiger partial charge in [0.2, 0.25) is 0 Å². The zero-order valence-corrected chi connectivity index (χ0v) is 11.7. The molecule has 0 unspecified atom stereocenters. The van der Waals surface area contributed by atoms with E-state index < -0.39 is 12.1 Å². The predicted molar refractivity (Wildman–Crippen MR) is 72.6 cm³/mol. The minimum atomic E-state index is -5.08. The molecule has 0 spiro atoms. The number of carbonyl (C=O) groups is 1. The van der Waals surface area contributed by atoms with Crippen molar-refractivity contribution in [2.24, 2.45) is 5.84 Å². The van der Waals surface area contributed by atoms with Crippen LogP contribution in [-0.4, -0.2) is 35.4 Å². The smallest absolute Gasteiger partial charge is 0.475 e. The molecule has 7 heteroatoms. The highest BCUT2D eigenvalue weighted by Gasteiger charge is 2.38. The molecule has 21 heavy (non-hydrogen) atoms. The molecule has 0 amide bonds. The molecule has 0 aliphatic carbocycles. The van der Waals surface area contributed by atoms with Crippen LogP contribution in [0.1, 0.15) is 29.9 Å². The maximum absolute atomic E-state index is 10.6. The maximum atomic E-state index is 10.6. The van der Waals surface area contributed by atoms with Gasteiger partial charge in [0.05, 0.1) is 0 Å². The lowest BCUT2D eigenvalue weighted by atomic mass is 9.87. The van der Waals surface area contributed by atoms with E-state index in [1.807, 2.05) is 5.01 Å². The number of nitrogens with two attached hydrogens (primary N) is 1. The van der Waals surface area contributed by atoms with Crippen LogP contribution >= 0.6 is 0 Å². The first-order valence-electron chi connectivity index (χ1n) is 6.57. The molecule has 3 N–H and O–H groups in total. The number of aliphatic carboxylic acids is 1. The number of carboxylic acid groups (broad SMARTS) is 1. The van der Waals surface area contributed by atoms with Crippen molar-refractivity contribution in [3.63, 3.8) is 0 Å². The van der Waals surface area contributed by atoms with E-state index in [0.717, 1.165) is 19.0 Å². The van der Waals surface area contributed by atoms with E-state index >= 15 is 0 Å². The summed E-state index contributed by atoms with van der Waals surface area (Å²) >= 11 is 0. The van der Waals surface area contributed by atoms with Crippen LogP contribution in [0.4, 0.5) is 13.2 Å². The summed E-state index contributed by atoms with van der Waals surface area (Å²) in [5, 5.41) is 9.05. The van der Waals surface area contributed by atoms with Crippen molar-refractivity contribution in [2.75, 3.05) is 13.1 Å². The van der Waals surface area contributed by atoms with Gasteiger partial charge in [0.1, 0.15) is 0 Å². The Morgan fingerprint density at radius 3 is 2.19 bits per heavy atom. The van der Waals surface area contributed by atoms with E-state index in [1.54, 1.807) is 0 Å². The fraction of sp³-hybridized carbons (Fsp3) is 0.500. The van der Waals surface area contributed by atoms with Gasteiger partial charge in [-0.3, -0.25) is 5.84 Å². The van der Waals surface area contributed by atoms with E-state index in [9.17, 15) is 13.2 Å². The highest BCUT2D eigenvalue weighted by atomic mass is 19.4. The number of nitrogens with zero attached hydrogens (tertiary/aromatic N) is 1. The molecule has 0 saturated carbocycles. The van der Waals surface area contributed by atoms with Gasteiger partial charge in [-0.2, -0.15) is 13.2 Å². The number of hydrogen-bond acceptors (Lipinski definition) is 3. The number of benzene rings is 1. The SMILES string of the molecule is Cc1ccccc1C1CCN(N)CC1.O=C(O)C(F)(F)F. The Balaban J connectivity index is 0.000000270. The summed E-state index contributed by atoms with van der Waals surface area (Å²) in [5.74, 6) is 3.71. The fourth-order valence-corrected chi connectivity index (χ4v) is 2.26. The third-order valence-corrected chi connectivity index (χ3v) is 3.40. The summed E-state index contributed by atoms with van der Waals surface area (Å²) in [6.45, 7) is 4.25. The zero-order valence-electron chi connectivity index (χ0n) is 11.7.